The minimum absolute atomic E-state index is 0.131. The molecule has 338 valence electrons. The molecule has 14 nitrogen and oxygen atoms in total. The highest BCUT2D eigenvalue weighted by molar-refractivity contribution is 5.87. The molecule has 0 aliphatic carbocycles. The SMILES string of the molecule is C/C=C/[C@H]1O[C@@](O)([C@@H](C)[C@H](O)[C@H](C)[C@H]2OC(=O)C(OC)=CC(C)=C[C@@H](C)[C@@H](O)[C@@H](CC)[C@@H](O)[C@H](C)CC(C)=CC=C[C@@H]2OC)C[C@@H](O[C@@H]2O[C@@H](C)[C@H](O)[C@@H](O)[C@H]2O)[C@@H]1C. The molecule has 3 heterocycles. The quantitative estimate of drug-likeness (QED) is 0.123. The van der Waals surface area contributed by atoms with Crippen molar-refractivity contribution < 1.29 is 69.0 Å². The Labute approximate surface area is 351 Å². The Balaban J connectivity index is 2.03. The third kappa shape index (κ3) is 12.6. The van der Waals surface area contributed by atoms with Crippen LogP contribution in [0.25, 0.3) is 0 Å². The molecule has 0 amide bonds. The van der Waals surface area contributed by atoms with Gasteiger partial charge in [0.1, 0.15) is 30.5 Å². The van der Waals surface area contributed by atoms with Crippen molar-refractivity contribution in [2.24, 2.45) is 35.5 Å². The van der Waals surface area contributed by atoms with E-state index in [0.717, 1.165) is 5.57 Å². The van der Waals surface area contributed by atoms with E-state index < -0.39 is 97.0 Å². The van der Waals surface area contributed by atoms with Crippen molar-refractivity contribution in [2.75, 3.05) is 14.2 Å². The predicted octanol–water partition coefficient (Wildman–Crippen LogP) is 3.85. The number of esters is 1. The van der Waals surface area contributed by atoms with E-state index in [1.807, 2.05) is 46.8 Å². The number of aliphatic hydroxyl groups excluding tert-OH is 6. The van der Waals surface area contributed by atoms with Crippen LogP contribution in [0.2, 0.25) is 0 Å². The van der Waals surface area contributed by atoms with Crippen molar-refractivity contribution in [3.8, 4) is 0 Å². The second kappa shape index (κ2) is 22.6. The molecule has 59 heavy (non-hydrogen) atoms. The van der Waals surface area contributed by atoms with Crippen LogP contribution in [0.1, 0.15) is 88.5 Å². The first-order valence-corrected chi connectivity index (χ1v) is 21.1. The van der Waals surface area contributed by atoms with Gasteiger partial charge in [-0.25, -0.2) is 4.79 Å². The lowest BCUT2D eigenvalue weighted by Gasteiger charge is -2.50. The van der Waals surface area contributed by atoms with Crippen LogP contribution in [0.15, 0.2) is 59.4 Å². The van der Waals surface area contributed by atoms with E-state index in [9.17, 15) is 40.5 Å². The lowest BCUT2D eigenvalue weighted by atomic mass is 9.77. The topological polar surface area (TPSA) is 214 Å². The highest BCUT2D eigenvalue weighted by Crippen LogP contribution is 2.42. The molecular weight excluding hydrogens is 764 g/mol. The van der Waals surface area contributed by atoms with Crippen molar-refractivity contribution in [3.63, 3.8) is 0 Å². The lowest BCUT2D eigenvalue weighted by molar-refractivity contribution is -0.352. The summed E-state index contributed by atoms with van der Waals surface area (Å²) in [6.45, 7) is 18.0. The van der Waals surface area contributed by atoms with E-state index in [1.54, 1.807) is 58.9 Å². The van der Waals surface area contributed by atoms with Crippen LogP contribution in [-0.4, -0.2) is 135 Å². The summed E-state index contributed by atoms with van der Waals surface area (Å²) in [6.07, 6.45) is 0.0543. The van der Waals surface area contributed by atoms with E-state index >= 15 is 0 Å². The molecule has 0 aromatic rings. The number of rotatable bonds is 10. The van der Waals surface area contributed by atoms with E-state index in [0.29, 0.717) is 18.4 Å². The van der Waals surface area contributed by atoms with Crippen LogP contribution in [0, 0.1) is 35.5 Å². The molecule has 14 heteroatoms. The highest BCUT2D eigenvalue weighted by Gasteiger charge is 2.53. The van der Waals surface area contributed by atoms with E-state index in [-0.39, 0.29) is 35.9 Å². The van der Waals surface area contributed by atoms with Crippen LogP contribution < -0.4 is 0 Å². The van der Waals surface area contributed by atoms with Crippen LogP contribution in [0.4, 0.5) is 0 Å². The average Bonchev–Trinajstić information content (AvgIpc) is 3.19. The molecule has 3 rings (SSSR count). The number of hydrogen-bond acceptors (Lipinski definition) is 14. The second-order valence-electron chi connectivity index (χ2n) is 17.2. The Morgan fingerprint density at radius 2 is 1.64 bits per heavy atom. The average molecular weight is 839 g/mol. The molecule has 2 fully saturated rings. The molecule has 0 saturated carbocycles. The van der Waals surface area contributed by atoms with E-state index in [1.165, 1.54) is 20.3 Å². The summed E-state index contributed by atoms with van der Waals surface area (Å²) in [4.78, 5) is 13.9. The van der Waals surface area contributed by atoms with E-state index in [4.69, 9.17) is 28.4 Å². The maximum absolute atomic E-state index is 13.9. The van der Waals surface area contributed by atoms with Crippen molar-refractivity contribution in [1.82, 2.24) is 0 Å². The van der Waals surface area contributed by atoms with Crippen molar-refractivity contribution >= 4 is 5.97 Å². The molecule has 0 aromatic carbocycles. The minimum atomic E-state index is -2.02. The zero-order chi connectivity index (χ0) is 44.5. The van der Waals surface area contributed by atoms with E-state index in [2.05, 4.69) is 0 Å². The Bertz CT molecular complexity index is 1490. The Hall–Kier alpha value is -2.47. The molecule has 3 aliphatic rings. The largest absolute Gasteiger partial charge is 0.490 e. The van der Waals surface area contributed by atoms with Gasteiger partial charge in [-0.05, 0) is 52.5 Å². The number of cyclic esters (lactones) is 1. The molecule has 19 atom stereocenters. The number of methoxy groups -OCH3 is 2. The molecule has 0 spiro atoms. The summed E-state index contributed by atoms with van der Waals surface area (Å²) in [5, 5.41) is 78.5. The zero-order valence-corrected chi connectivity index (χ0v) is 37.0. The van der Waals surface area contributed by atoms with Gasteiger partial charge in [-0.15, -0.1) is 0 Å². The molecule has 0 radical (unpaired) electrons. The van der Waals surface area contributed by atoms with Gasteiger partial charge in [0.2, 0.25) is 5.76 Å². The molecule has 3 aliphatic heterocycles. The van der Waals surface area contributed by atoms with Gasteiger partial charge in [-0.2, -0.15) is 0 Å². The fourth-order valence-corrected chi connectivity index (χ4v) is 8.63. The fraction of sp³-hybridized carbons (Fsp3) is 0.756. The fourth-order valence-electron chi connectivity index (χ4n) is 8.63. The normalized spacial score (nSPS) is 41.4. The molecule has 0 aromatic heterocycles. The minimum Gasteiger partial charge on any atom is -0.490 e. The van der Waals surface area contributed by atoms with Gasteiger partial charge < -0.3 is 64.2 Å². The van der Waals surface area contributed by atoms with Crippen LogP contribution >= 0.6 is 0 Å². The first kappa shape index (κ1) is 50.9. The first-order valence-electron chi connectivity index (χ1n) is 21.1. The Kier molecular flexibility index (Phi) is 19.5. The van der Waals surface area contributed by atoms with Crippen LogP contribution in [-0.2, 0) is 33.2 Å². The number of aliphatic hydroxyl groups is 7. The number of hydrogen-bond donors (Lipinski definition) is 7. The second-order valence-corrected chi connectivity index (χ2v) is 17.2. The van der Waals surface area contributed by atoms with Gasteiger partial charge in [0, 0.05) is 43.1 Å². The molecule has 7 N–H and O–H groups in total. The molecule has 2 saturated heterocycles. The maximum Gasteiger partial charge on any atom is 0.373 e. The van der Waals surface area contributed by atoms with Crippen molar-refractivity contribution in [1.29, 1.82) is 0 Å². The van der Waals surface area contributed by atoms with Crippen molar-refractivity contribution in [3.05, 3.63) is 59.4 Å². The van der Waals surface area contributed by atoms with Crippen molar-refractivity contribution in [2.45, 2.75) is 168 Å². The third-order valence-electron chi connectivity index (χ3n) is 12.7. The number of ether oxygens (including phenoxy) is 6. The summed E-state index contributed by atoms with van der Waals surface area (Å²) < 4.78 is 35.8. The summed E-state index contributed by atoms with van der Waals surface area (Å²) in [6, 6.07) is 0. The first-order chi connectivity index (χ1) is 27.6. The standard InChI is InChI=1S/C45H74O14/c1-13-16-32-27(7)35(57-44-41(51)40(50)39(49)30(10)56-44)22-45(53,59-32)29(9)38(48)28(8)42-33(54-11)18-15-17-23(3)19-25(5)36(46)31(14-2)37(47)26(6)20-24(4)21-34(55-12)43(52)58-42/h13,15-18,20-21,25-33,35-42,44,46-51,53H,14,19,22H2,1-12H3/b16-13+,18-15?,23-17?,24-20?,34-21?/t25-,26-,27-,28+,29+,30+,31+,32-,33+,35-,36+,37-,38-,39+,40-,41-,42-,44+,45-/m1/s1. The zero-order valence-electron chi connectivity index (χ0n) is 37.0. The van der Waals surface area contributed by atoms with Gasteiger partial charge in [0.05, 0.1) is 43.7 Å². The molecular formula is C45H74O14. The molecule has 0 unspecified atom stereocenters. The van der Waals surface area contributed by atoms with Crippen LogP contribution in [0.3, 0.4) is 0 Å². The molecule has 0 bridgehead atoms. The predicted molar refractivity (Wildman–Crippen MR) is 221 cm³/mol. The lowest BCUT2D eigenvalue weighted by Crippen LogP contribution is -2.61. The smallest absolute Gasteiger partial charge is 0.373 e. The van der Waals surface area contributed by atoms with Gasteiger partial charge in [0.15, 0.2) is 12.1 Å². The monoisotopic (exact) mass is 839 g/mol. The Morgan fingerprint density at radius 1 is 0.983 bits per heavy atom. The van der Waals surface area contributed by atoms with Gasteiger partial charge >= 0.3 is 5.97 Å². The maximum atomic E-state index is 13.9. The highest BCUT2D eigenvalue weighted by atomic mass is 16.7. The summed E-state index contributed by atoms with van der Waals surface area (Å²) in [5.74, 6) is -6.19. The summed E-state index contributed by atoms with van der Waals surface area (Å²) >= 11 is 0. The Morgan fingerprint density at radius 3 is 2.24 bits per heavy atom. The van der Waals surface area contributed by atoms with Gasteiger partial charge in [-0.3, -0.25) is 0 Å². The van der Waals surface area contributed by atoms with Crippen LogP contribution in [0.5, 0.6) is 0 Å². The third-order valence-corrected chi connectivity index (χ3v) is 12.7. The number of carbonyl (C=O) groups excluding carboxylic acids is 1. The van der Waals surface area contributed by atoms with Gasteiger partial charge in [-0.1, -0.05) is 89.1 Å². The number of allylic oxidation sites excluding steroid dienone is 6. The van der Waals surface area contributed by atoms with Gasteiger partial charge in [0.25, 0.3) is 0 Å². The summed E-state index contributed by atoms with van der Waals surface area (Å²) in [7, 11) is 2.79. The number of carbonyl (C=O) groups is 1. The summed E-state index contributed by atoms with van der Waals surface area (Å²) in [5.41, 5.74) is 1.58.